The van der Waals surface area contributed by atoms with Crippen molar-refractivity contribution in [1.82, 2.24) is 4.90 Å². The normalized spacial score (nSPS) is 28.2. The fourth-order valence-corrected chi connectivity index (χ4v) is 2.49. The molecule has 1 saturated heterocycles. The number of carboxylic acid groups (broad SMARTS) is 1. The van der Waals surface area contributed by atoms with Gasteiger partial charge in [-0.25, -0.2) is 9.18 Å². The molecule has 1 fully saturated rings. The number of carbonyl (C=O) groups is 1. The lowest BCUT2D eigenvalue weighted by molar-refractivity contribution is -0.0656. The summed E-state index contributed by atoms with van der Waals surface area (Å²) in [6, 6.07) is 5.87. The lowest BCUT2D eigenvalue weighted by atomic mass is 9.77. The van der Waals surface area contributed by atoms with Gasteiger partial charge in [-0.3, -0.25) is 0 Å². The summed E-state index contributed by atoms with van der Waals surface area (Å²) in [5.41, 5.74) is -0.645. The second-order valence-corrected chi connectivity index (χ2v) is 4.81. The van der Waals surface area contributed by atoms with Crippen LogP contribution >= 0.6 is 0 Å². The Bertz CT molecular complexity index is 465. The van der Waals surface area contributed by atoms with Crippen LogP contribution in [0.1, 0.15) is 18.9 Å². The van der Waals surface area contributed by atoms with Crippen LogP contribution in [0.4, 0.5) is 9.18 Å². The molecule has 0 bridgehead atoms. The van der Waals surface area contributed by atoms with Gasteiger partial charge in [0.15, 0.2) is 0 Å². The van der Waals surface area contributed by atoms with Gasteiger partial charge < -0.3 is 15.1 Å². The number of nitrogens with zero attached hydrogens (tertiary/aromatic N) is 1. The first-order valence-corrected chi connectivity index (χ1v) is 5.90. The van der Waals surface area contributed by atoms with Crippen molar-refractivity contribution in [2.24, 2.45) is 5.92 Å². The Labute approximate surface area is 105 Å². The Kier molecular flexibility index (Phi) is 3.26. The smallest absolute Gasteiger partial charge is 0.407 e. The van der Waals surface area contributed by atoms with E-state index in [9.17, 15) is 14.3 Å². The molecule has 1 amide bonds. The Morgan fingerprint density at radius 2 is 2.28 bits per heavy atom. The molecular weight excluding hydrogens is 237 g/mol. The highest BCUT2D eigenvalue weighted by molar-refractivity contribution is 5.65. The van der Waals surface area contributed by atoms with Crippen LogP contribution < -0.4 is 0 Å². The SMILES string of the molecule is C[C@H]1CN(C(=O)O)CC[C@]1(O)c1cccc(F)c1. The van der Waals surface area contributed by atoms with Crippen LogP contribution in [-0.4, -0.2) is 34.3 Å². The zero-order chi connectivity index (χ0) is 13.3. The number of benzene rings is 1. The van der Waals surface area contributed by atoms with E-state index in [-0.39, 0.29) is 25.4 Å². The molecular formula is C13H16FNO3. The quantitative estimate of drug-likeness (QED) is 0.805. The number of rotatable bonds is 1. The Morgan fingerprint density at radius 1 is 1.56 bits per heavy atom. The first kappa shape index (κ1) is 12.8. The number of likely N-dealkylation sites (tertiary alicyclic amines) is 1. The van der Waals surface area contributed by atoms with Gasteiger partial charge in [0, 0.05) is 19.0 Å². The third kappa shape index (κ3) is 2.18. The molecule has 2 N–H and O–H groups in total. The lowest BCUT2D eigenvalue weighted by Crippen LogP contribution is -2.50. The first-order valence-electron chi connectivity index (χ1n) is 5.90. The van der Waals surface area contributed by atoms with Crippen LogP contribution in [0.15, 0.2) is 24.3 Å². The summed E-state index contributed by atoms with van der Waals surface area (Å²) in [5.74, 6) is -0.669. The molecule has 4 nitrogen and oxygen atoms in total. The van der Waals surface area contributed by atoms with Crippen molar-refractivity contribution in [2.45, 2.75) is 18.9 Å². The molecule has 5 heteroatoms. The second kappa shape index (κ2) is 4.57. The van der Waals surface area contributed by atoms with Gasteiger partial charge in [0.2, 0.25) is 0 Å². The van der Waals surface area contributed by atoms with Gasteiger partial charge in [-0.2, -0.15) is 0 Å². The molecule has 98 valence electrons. The predicted molar refractivity (Wildman–Crippen MR) is 63.7 cm³/mol. The van der Waals surface area contributed by atoms with E-state index in [2.05, 4.69) is 0 Å². The van der Waals surface area contributed by atoms with Crippen LogP contribution in [0.5, 0.6) is 0 Å². The van der Waals surface area contributed by atoms with E-state index in [0.717, 1.165) is 0 Å². The maximum absolute atomic E-state index is 13.2. The lowest BCUT2D eigenvalue weighted by Gasteiger charge is -2.42. The maximum atomic E-state index is 13.2. The minimum Gasteiger partial charge on any atom is -0.465 e. The van der Waals surface area contributed by atoms with Crippen molar-refractivity contribution < 1.29 is 19.4 Å². The highest BCUT2D eigenvalue weighted by Gasteiger charge is 2.41. The Hall–Kier alpha value is -1.62. The van der Waals surface area contributed by atoms with Crippen LogP contribution in [-0.2, 0) is 5.60 Å². The molecule has 1 aliphatic rings. The molecule has 1 aromatic carbocycles. The van der Waals surface area contributed by atoms with Crippen molar-refractivity contribution in [2.75, 3.05) is 13.1 Å². The topological polar surface area (TPSA) is 60.8 Å². The summed E-state index contributed by atoms with van der Waals surface area (Å²) in [6.45, 7) is 2.29. The molecule has 1 aromatic rings. The fraction of sp³-hybridized carbons (Fsp3) is 0.462. The van der Waals surface area contributed by atoms with Crippen molar-refractivity contribution >= 4 is 6.09 Å². The standard InChI is InChI=1S/C13H16FNO3/c1-9-8-15(12(16)17)6-5-13(9,18)10-3-2-4-11(14)7-10/h2-4,7,9,18H,5-6,8H2,1H3,(H,16,17)/t9-,13+/m0/s1. The van der Waals surface area contributed by atoms with Crippen molar-refractivity contribution in [3.63, 3.8) is 0 Å². The average Bonchev–Trinajstić information content (AvgIpc) is 2.32. The second-order valence-electron chi connectivity index (χ2n) is 4.81. The third-order valence-electron chi connectivity index (χ3n) is 3.67. The van der Waals surface area contributed by atoms with Gasteiger partial charge >= 0.3 is 6.09 Å². The third-order valence-corrected chi connectivity index (χ3v) is 3.67. The van der Waals surface area contributed by atoms with E-state index in [1.807, 2.05) is 0 Å². The molecule has 0 radical (unpaired) electrons. The van der Waals surface area contributed by atoms with Crippen LogP contribution in [0.2, 0.25) is 0 Å². The van der Waals surface area contributed by atoms with Crippen molar-refractivity contribution in [3.8, 4) is 0 Å². The van der Waals surface area contributed by atoms with Gasteiger partial charge in [0.05, 0.1) is 5.60 Å². The average molecular weight is 253 g/mol. The molecule has 0 saturated carbocycles. The minimum absolute atomic E-state index is 0.252. The number of piperidine rings is 1. The number of aliphatic hydroxyl groups is 1. The molecule has 0 unspecified atom stereocenters. The molecule has 1 aliphatic heterocycles. The fourth-order valence-electron chi connectivity index (χ4n) is 2.49. The van der Waals surface area contributed by atoms with E-state index in [0.29, 0.717) is 5.56 Å². The number of hydrogen-bond acceptors (Lipinski definition) is 2. The Morgan fingerprint density at radius 3 is 2.83 bits per heavy atom. The van der Waals surface area contributed by atoms with Gasteiger partial charge in [0.25, 0.3) is 0 Å². The largest absolute Gasteiger partial charge is 0.465 e. The molecule has 1 heterocycles. The summed E-state index contributed by atoms with van der Waals surface area (Å²) in [7, 11) is 0. The molecule has 0 aliphatic carbocycles. The zero-order valence-electron chi connectivity index (χ0n) is 10.1. The van der Waals surface area contributed by atoms with E-state index < -0.39 is 17.5 Å². The predicted octanol–water partition coefficient (Wildman–Crippen LogP) is 2.03. The number of hydrogen-bond donors (Lipinski definition) is 2. The summed E-state index contributed by atoms with van der Waals surface area (Å²) >= 11 is 0. The van der Waals surface area contributed by atoms with E-state index >= 15 is 0 Å². The number of halogens is 1. The van der Waals surface area contributed by atoms with E-state index in [4.69, 9.17) is 5.11 Å². The van der Waals surface area contributed by atoms with Crippen LogP contribution in [0.25, 0.3) is 0 Å². The van der Waals surface area contributed by atoms with E-state index in [1.165, 1.54) is 17.0 Å². The molecule has 2 atom stereocenters. The van der Waals surface area contributed by atoms with Gasteiger partial charge in [-0.05, 0) is 24.1 Å². The Balaban J connectivity index is 2.25. The highest BCUT2D eigenvalue weighted by atomic mass is 19.1. The van der Waals surface area contributed by atoms with E-state index in [1.54, 1.807) is 19.1 Å². The molecule has 0 aromatic heterocycles. The summed E-state index contributed by atoms with van der Waals surface area (Å²) in [6.07, 6.45) is -0.702. The molecule has 2 rings (SSSR count). The van der Waals surface area contributed by atoms with Crippen molar-refractivity contribution in [3.05, 3.63) is 35.6 Å². The summed E-state index contributed by atoms with van der Waals surface area (Å²) in [5, 5.41) is 19.6. The van der Waals surface area contributed by atoms with Gasteiger partial charge in [-0.15, -0.1) is 0 Å². The molecule has 18 heavy (non-hydrogen) atoms. The molecule has 0 spiro atoms. The first-order chi connectivity index (χ1) is 8.43. The minimum atomic E-state index is -1.16. The maximum Gasteiger partial charge on any atom is 0.407 e. The monoisotopic (exact) mass is 253 g/mol. The van der Waals surface area contributed by atoms with Crippen molar-refractivity contribution in [1.29, 1.82) is 0 Å². The number of amides is 1. The summed E-state index contributed by atoms with van der Waals surface area (Å²) in [4.78, 5) is 12.2. The van der Waals surface area contributed by atoms with Crippen LogP contribution in [0.3, 0.4) is 0 Å². The highest BCUT2D eigenvalue weighted by Crippen LogP contribution is 2.37. The van der Waals surface area contributed by atoms with Crippen LogP contribution in [0, 0.1) is 11.7 Å². The van der Waals surface area contributed by atoms with Gasteiger partial charge in [-0.1, -0.05) is 19.1 Å². The zero-order valence-corrected chi connectivity index (χ0v) is 10.1. The van der Waals surface area contributed by atoms with Gasteiger partial charge in [0.1, 0.15) is 5.82 Å². The summed E-state index contributed by atoms with van der Waals surface area (Å²) < 4.78 is 13.2.